The topological polar surface area (TPSA) is 48.0 Å². The SMILES string of the molecule is COc1cccc(OC)c1C1OC(C)(C)C(C=O)N1Cc1ccc2ccccc2c1. The minimum atomic E-state index is -0.658. The Hall–Kier alpha value is -2.89. The standard InChI is InChI=1S/C25H27NO4/c1-25(2)22(16-27)26(15-17-12-13-18-8-5-6-9-19(18)14-17)24(30-25)23-20(28-3)10-7-11-21(23)29-4/h5-14,16,22,24H,15H2,1-4H3. The number of benzene rings is 3. The predicted molar refractivity (Wildman–Crippen MR) is 117 cm³/mol. The molecule has 0 saturated carbocycles. The molecule has 4 rings (SSSR count). The van der Waals surface area contributed by atoms with Crippen LogP contribution in [0.4, 0.5) is 0 Å². The van der Waals surface area contributed by atoms with Crippen LogP contribution in [-0.4, -0.2) is 37.0 Å². The van der Waals surface area contributed by atoms with E-state index in [-0.39, 0.29) is 0 Å². The molecule has 0 aliphatic carbocycles. The van der Waals surface area contributed by atoms with Gasteiger partial charge < -0.3 is 19.0 Å². The normalized spacial score (nSPS) is 20.9. The average molecular weight is 405 g/mol. The lowest BCUT2D eigenvalue weighted by molar-refractivity contribution is -0.113. The molecule has 1 fully saturated rings. The van der Waals surface area contributed by atoms with Crippen LogP contribution in [0.15, 0.2) is 60.7 Å². The van der Waals surface area contributed by atoms with Crippen LogP contribution in [0.5, 0.6) is 11.5 Å². The second-order valence-electron chi connectivity index (χ2n) is 8.08. The summed E-state index contributed by atoms with van der Waals surface area (Å²) in [6.07, 6.45) is 0.496. The van der Waals surface area contributed by atoms with Crippen molar-refractivity contribution in [1.82, 2.24) is 4.90 Å². The average Bonchev–Trinajstić information content (AvgIpc) is 3.01. The zero-order chi connectivity index (χ0) is 21.3. The van der Waals surface area contributed by atoms with E-state index < -0.39 is 17.9 Å². The number of hydrogen-bond acceptors (Lipinski definition) is 5. The number of carbonyl (C=O) groups is 1. The maximum Gasteiger partial charge on any atom is 0.145 e. The van der Waals surface area contributed by atoms with Crippen molar-refractivity contribution >= 4 is 17.1 Å². The van der Waals surface area contributed by atoms with E-state index in [4.69, 9.17) is 14.2 Å². The Balaban J connectivity index is 1.78. The van der Waals surface area contributed by atoms with Crippen LogP contribution in [-0.2, 0) is 16.1 Å². The van der Waals surface area contributed by atoms with Crippen molar-refractivity contribution in [2.75, 3.05) is 14.2 Å². The molecule has 2 unspecified atom stereocenters. The van der Waals surface area contributed by atoms with Crippen molar-refractivity contribution in [3.63, 3.8) is 0 Å². The van der Waals surface area contributed by atoms with Crippen LogP contribution in [0.1, 0.15) is 31.2 Å². The van der Waals surface area contributed by atoms with Crippen LogP contribution in [0.3, 0.4) is 0 Å². The van der Waals surface area contributed by atoms with E-state index in [1.807, 2.05) is 44.2 Å². The van der Waals surface area contributed by atoms with Gasteiger partial charge in [-0.2, -0.15) is 0 Å². The van der Waals surface area contributed by atoms with E-state index in [0.29, 0.717) is 18.0 Å². The van der Waals surface area contributed by atoms with Crippen LogP contribution >= 0.6 is 0 Å². The van der Waals surface area contributed by atoms with E-state index in [2.05, 4.69) is 35.2 Å². The second-order valence-corrected chi connectivity index (χ2v) is 8.08. The quantitative estimate of drug-likeness (QED) is 0.555. The third kappa shape index (κ3) is 3.55. The minimum Gasteiger partial charge on any atom is -0.496 e. The van der Waals surface area contributed by atoms with Gasteiger partial charge >= 0.3 is 0 Å². The summed E-state index contributed by atoms with van der Waals surface area (Å²) >= 11 is 0. The van der Waals surface area contributed by atoms with Gasteiger partial charge in [-0.05, 0) is 48.4 Å². The molecule has 3 aromatic carbocycles. The van der Waals surface area contributed by atoms with Gasteiger partial charge in [0.15, 0.2) is 0 Å². The van der Waals surface area contributed by atoms with Crippen molar-refractivity contribution in [2.45, 2.75) is 38.3 Å². The Bertz CT molecular complexity index is 1040. The minimum absolute atomic E-state index is 0.413. The molecule has 3 aromatic rings. The number of ether oxygens (including phenoxy) is 3. The molecule has 0 bridgehead atoms. The summed E-state index contributed by atoms with van der Waals surface area (Å²) in [7, 11) is 3.26. The van der Waals surface area contributed by atoms with Crippen molar-refractivity contribution < 1.29 is 19.0 Å². The number of rotatable bonds is 6. The molecule has 0 spiro atoms. The third-order valence-corrected chi connectivity index (χ3v) is 5.81. The molecular weight excluding hydrogens is 378 g/mol. The second kappa shape index (κ2) is 8.09. The van der Waals surface area contributed by atoms with E-state index in [1.54, 1.807) is 14.2 Å². The van der Waals surface area contributed by atoms with Gasteiger partial charge in [0.25, 0.3) is 0 Å². The summed E-state index contributed by atoms with van der Waals surface area (Å²) in [5.41, 5.74) is 1.25. The van der Waals surface area contributed by atoms with E-state index >= 15 is 0 Å². The van der Waals surface area contributed by atoms with E-state index in [0.717, 1.165) is 17.4 Å². The van der Waals surface area contributed by atoms with Gasteiger partial charge in [-0.1, -0.05) is 42.5 Å². The van der Waals surface area contributed by atoms with Crippen molar-refractivity contribution in [1.29, 1.82) is 0 Å². The summed E-state index contributed by atoms with van der Waals surface area (Å²) in [5.74, 6) is 1.34. The zero-order valence-corrected chi connectivity index (χ0v) is 17.8. The van der Waals surface area contributed by atoms with Crippen molar-refractivity contribution in [3.05, 3.63) is 71.8 Å². The first kappa shape index (κ1) is 20.4. The number of nitrogens with zero attached hydrogens (tertiary/aromatic N) is 1. The van der Waals surface area contributed by atoms with E-state index in [9.17, 15) is 4.79 Å². The molecule has 1 aliphatic heterocycles. The fourth-order valence-electron chi connectivity index (χ4n) is 4.29. The van der Waals surface area contributed by atoms with Gasteiger partial charge in [0.1, 0.15) is 24.0 Å². The van der Waals surface area contributed by atoms with Gasteiger partial charge in [-0.25, -0.2) is 0 Å². The lowest BCUT2D eigenvalue weighted by Gasteiger charge is -2.28. The maximum atomic E-state index is 12.1. The number of fused-ring (bicyclic) bond motifs is 1. The Labute approximate surface area is 177 Å². The first-order chi connectivity index (χ1) is 14.5. The molecule has 0 aromatic heterocycles. The van der Waals surface area contributed by atoms with Crippen LogP contribution < -0.4 is 9.47 Å². The molecule has 156 valence electrons. The number of methoxy groups -OCH3 is 2. The third-order valence-electron chi connectivity index (χ3n) is 5.81. The Morgan fingerprint density at radius 1 is 0.967 bits per heavy atom. The van der Waals surface area contributed by atoms with Crippen molar-refractivity contribution in [3.8, 4) is 11.5 Å². The Morgan fingerprint density at radius 3 is 2.27 bits per heavy atom. The molecule has 2 atom stereocenters. The first-order valence-electron chi connectivity index (χ1n) is 10.1. The van der Waals surface area contributed by atoms with E-state index in [1.165, 1.54) is 10.8 Å². The highest BCUT2D eigenvalue weighted by Crippen LogP contribution is 2.47. The van der Waals surface area contributed by atoms with Gasteiger partial charge in [0.05, 0.1) is 31.4 Å². The van der Waals surface area contributed by atoms with Crippen LogP contribution in [0.2, 0.25) is 0 Å². The molecule has 30 heavy (non-hydrogen) atoms. The largest absolute Gasteiger partial charge is 0.496 e. The number of hydrogen-bond donors (Lipinski definition) is 0. The lowest BCUT2D eigenvalue weighted by atomic mass is 9.99. The highest BCUT2D eigenvalue weighted by Gasteiger charge is 2.49. The molecule has 1 saturated heterocycles. The highest BCUT2D eigenvalue weighted by atomic mass is 16.5. The Kier molecular flexibility index (Phi) is 5.50. The van der Waals surface area contributed by atoms with Crippen molar-refractivity contribution in [2.24, 2.45) is 0 Å². The van der Waals surface area contributed by atoms with Crippen LogP contribution in [0, 0.1) is 0 Å². The van der Waals surface area contributed by atoms with Crippen LogP contribution in [0.25, 0.3) is 10.8 Å². The fraction of sp³-hybridized carbons (Fsp3) is 0.320. The molecule has 0 N–H and O–H groups in total. The predicted octanol–water partition coefficient (Wildman–Crippen LogP) is 4.73. The molecule has 1 aliphatic rings. The molecular formula is C25H27NO4. The van der Waals surface area contributed by atoms with Gasteiger partial charge in [0, 0.05) is 6.54 Å². The number of carbonyl (C=O) groups excluding carboxylic acids is 1. The van der Waals surface area contributed by atoms with Gasteiger partial charge in [0.2, 0.25) is 0 Å². The first-order valence-corrected chi connectivity index (χ1v) is 10.1. The summed E-state index contributed by atoms with van der Waals surface area (Å²) in [5, 5.41) is 2.36. The summed E-state index contributed by atoms with van der Waals surface area (Å²) in [6.45, 7) is 4.45. The lowest BCUT2D eigenvalue weighted by Crippen LogP contribution is -2.42. The van der Waals surface area contributed by atoms with Gasteiger partial charge in [-0.15, -0.1) is 0 Å². The number of aldehydes is 1. The molecule has 5 nitrogen and oxygen atoms in total. The summed E-state index contributed by atoms with van der Waals surface area (Å²) < 4.78 is 17.7. The smallest absolute Gasteiger partial charge is 0.145 e. The highest BCUT2D eigenvalue weighted by molar-refractivity contribution is 5.83. The monoisotopic (exact) mass is 405 g/mol. The molecule has 0 radical (unpaired) electrons. The summed E-state index contributed by atoms with van der Waals surface area (Å²) in [6, 6.07) is 19.9. The molecule has 5 heteroatoms. The summed E-state index contributed by atoms with van der Waals surface area (Å²) in [4.78, 5) is 14.2. The fourth-order valence-corrected chi connectivity index (χ4v) is 4.29. The molecule has 1 heterocycles. The maximum absolute atomic E-state index is 12.1. The zero-order valence-electron chi connectivity index (χ0n) is 17.8. The van der Waals surface area contributed by atoms with Gasteiger partial charge in [-0.3, -0.25) is 4.90 Å². The molecule has 0 amide bonds. The Morgan fingerprint density at radius 2 is 1.63 bits per heavy atom.